The van der Waals surface area contributed by atoms with E-state index in [1.54, 1.807) is 0 Å². The third kappa shape index (κ3) is 4.70. The average Bonchev–Trinajstić information content (AvgIpc) is 3.72. The first kappa shape index (κ1) is 30.1. The summed E-state index contributed by atoms with van der Waals surface area (Å²) in [6, 6.07) is 61.4. The second-order valence-electron chi connectivity index (χ2n) is 13.7. The maximum absolute atomic E-state index is 4.97. The molecule has 7 aromatic carbocycles. The van der Waals surface area contributed by atoms with Crippen molar-refractivity contribution in [1.29, 1.82) is 0 Å². The van der Waals surface area contributed by atoms with Crippen molar-refractivity contribution in [3.05, 3.63) is 187 Å². The van der Waals surface area contributed by atoms with Gasteiger partial charge in [0, 0.05) is 44.7 Å². The Labute approximate surface area is 302 Å². The molecule has 0 aliphatic rings. The largest absolute Gasteiger partial charge is 0.309 e. The highest BCUT2D eigenvalue weighted by Crippen LogP contribution is 2.38. The molecule has 3 nitrogen and oxygen atoms in total. The van der Waals surface area contributed by atoms with Crippen LogP contribution in [0.15, 0.2) is 176 Å². The van der Waals surface area contributed by atoms with Crippen LogP contribution >= 0.6 is 0 Å². The van der Waals surface area contributed by atoms with Gasteiger partial charge >= 0.3 is 0 Å². The standard InChI is InChI=1S/C49H35N3/c1-32-25-26-36(31-44(32)35-14-12-16-38(30-35)52-47-23-9-5-19-42(47)43-20-6-10-24-48(43)52)49-33(2)39(27-28-50-49)34-13-11-15-37(29-34)51-45-21-7-3-17-40(45)41-18-4-8-22-46(41)51/h3-31H,1-2H3. The van der Waals surface area contributed by atoms with E-state index in [-0.39, 0.29) is 0 Å². The van der Waals surface area contributed by atoms with Crippen molar-refractivity contribution in [2.75, 3.05) is 0 Å². The highest BCUT2D eigenvalue weighted by Gasteiger charge is 2.16. The van der Waals surface area contributed by atoms with Gasteiger partial charge in [-0.05, 0) is 108 Å². The first-order chi connectivity index (χ1) is 25.6. The third-order valence-corrected chi connectivity index (χ3v) is 10.7. The van der Waals surface area contributed by atoms with Gasteiger partial charge in [0.15, 0.2) is 0 Å². The van der Waals surface area contributed by atoms with Crippen LogP contribution in [-0.4, -0.2) is 14.1 Å². The minimum Gasteiger partial charge on any atom is -0.309 e. The first-order valence-electron chi connectivity index (χ1n) is 17.9. The molecule has 0 saturated heterocycles. The summed E-state index contributed by atoms with van der Waals surface area (Å²) < 4.78 is 4.77. The normalized spacial score (nSPS) is 11.7. The zero-order valence-electron chi connectivity index (χ0n) is 29.1. The summed E-state index contributed by atoms with van der Waals surface area (Å²) in [6.45, 7) is 4.40. The zero-order chi connectivity index (χ0) is 34.8. The molecule has 0 atom stereocenters. The van der Waals surface area contributed by atoms with Crippen LogP contribution in [0.5, 0.6) is 0 Å². The summed E-state index contributed by atoms with van der Waals surface area (Å²) in [7, 11) is 0. The SMILES string of the molecule is Cc1ccc(-c2nccc(-c3cccc(-n4c5ccccc5c5ccccc54)c3)c2C)cc1-c1cccc(-n2c3ccccc3c3ccccc32)c1. The molecule has 0 fully saturated rings. The number of pyridine rings is 1. The second kappa shape index (κ2) is 12.0. The van der Waals surface area contributed by atoms with Gasteiger partial charge in [0.2, 0.25) is 0 Å². The summed E-state index contributed by atoms with van der Waals surface area (Å²) in [5.41, 5.74) is 16.4. The summed E-state index contributed by atoms with van der Waals surface area (Å²) in [6.07, 6.45) is 1.95. The van der Waals surface area contributed by atoms with Gasteiger partial charge in [0.25, 0.3) is 0 Å². The summed E-state index contributed by atoms with van der Waals surface area (Å²) in [4.78, 5) is 4.97. The van der Waals surface area contributed by atoms with Gasteiger partial charge in [-0.2, -0.15) is 0 Å². The molecule has 0 N–H and O–H groups in total. The molecule has 0 unspecified atom stereocenters. The monoisotopic (exact) mass is 665 g/mol. The van der Waals surface area contributed by atoms with Crippen molar-refractivity contribution in [2.45, 2.75) is 13.8 Å². The van der Waals surface area contributed by atoms with Crippen molar-refractivity contribution in [2.24, 2.45) is 0 Å². The van der Waals surface area contributed by atoms with Crippen molar-refractivity contribution in [1.82, 2.24) is 14.1 Å². The van der Waals surface area contributed by atoms with E-state index in [1.165, 1.54) is 71.4 Å². The fraction of sp³-hybridized carbons (Fsp3) is 0.0408. The molecule has 3 aromatic heterocycles. The Balaban J connectivity index is 1.06. The predicted octanol–water partition coefficient (Wildman–Crippen LogP) is 12.9. The van der Waals surface area contributed by atoms with Crippen molar-refractivity contribution >= 4 is 43.6 Å². The van der Waals surface area contributed by atoms with Crippen LogP contribution in [0, 0.1) is 13.8 Å². The zero-order valence-corrected chi connectivity index (χ0v) is 29.1. The Hall–Kier alpha value is -6.71. The lowest BCUT2D eigenvalue weighted by atomic mass is 9.93. The van der Waals surface area contributed by atoms with Gasteiger partial charge in [-0.1, -0.05) is 109 Å². The molecule has 0 bridgehead atoms. The van der Waals surface area contributed by atoms with E-state index in [4.69, 9.17) is 4.98 Å². The smallest absolute Gasteiger partial charge is 0.0737 e. The maximum atomic E-state index is 4.97. The van der Waals surface area contributed by atoms with E-state index >= 15 is 0 Å². The van der Waals surface area contributed by atoms with E-state index in [0.29, 0.717) is 0 Å². The minimum atomic E-state index is 1.000. The number of fused-ring (bicyclic) bond motifs is 6. The molecule has 52 heavy (non-hydrogen) atoms. The Morgan fingerprint density at radius 2 is 0.846 bits per heavy atom. The molecule has 246 valence electrons. The second-order valence-corrected chi connectivity index (χ2v) is 13.7. The Morgan fingerprint density at radius 1 is 0.385 bits per heavy atom. The van der Waals surface area contributed by atoms with E-state index in [9.17, 15) is 0 Å². The van der Waals surface area contributed by atoms with Crippen molar-refractivity contribution < 1.29 is 0 Å². The van der Waals surface area contributed by atoms with Gasteiger partial charge in [-0.3, -0.25) is 4.98 Å². The number of aryl methyl sites for hydroxylation is 1. The van der Waals surface area contributed by atoms with E-state index in [1.807, 2.05) is 6.20 Å². The van der Waals surface area contributed by atoms with Crippen LogP contribution < -0.4 is 0 Å². The third-order valence-electron chi connectivity index (χ3n) is 10.7. The Bertz CT molecular complexity index is 2890. The number of benzene rings is 7. The van der Waals surface area contributed by atoms with Crippen LogP contribution in [0.4, 0.5) is 0 Å². The molecule has 10 aromatic rings. The van der Waals surface area contributed by atoms with Gasteiger partial charge < -0.3 is 9.13 Å². The lowest BCUT2D eigenvalue weighted by Crippen LogP contribution is -1.97. The molecular weight excluding hydrogens is 631 g/mol. The first-order valence-corrected chi connectivity index (χ1v) is 17.9. The summed E-state index contributed by atoms with van der Waals surface area (Å²) >= 11 is 0. The molecule has 0 spiro atoms. The molecule has 0 aliphatic heterocycles. The highest BCUT2D eigenvalue weighted by atomic mass is 15.0. The number of rotatable bonds is 5. The molecule has 0 aliphatic carbocycles. The van der Waals surface area contributed by atoms with Crippen LogP contribution in [-0.2, 0) is 0 Å². The minimum absolute atomic E-state index is 1.000. The molecule has 0 amide bonds. The molecular formula is C49H35N3. The molecule has 3 heterocycles. The van der Waals surface area contributed by atoms with Crippen molar-refractivity contribution in [3.63, 3.8) is 0 Å². The van der Waals surface area contributed by atoms with Gasteiger partial charge in [0.05, 0.1) is 27.8 Å². The number of hydrogen-bond acceptors (Lipinski definition) is 1. The molecule has 10 rings (SSSR count). The van der Waals surface area contributed by atoms with Crippen LogP contribution in [0.3, 0.4) is 0 Å². The maximum Gasteiger partial charge on any atom is 0.0737 e. The van der Waals surface area contributed by atoms with Crippen molar-refractivity contribution in [3.8, 4) is 44.9 Å². The fourth-order valence-electron chi connectivity index (χ4n) is 8.25. The van der Waals surface area contributed by atoms with Crippen LogP contribution in [0.1, 0.15) is 11.1 Å². The summed E-state index contributed by atoms with van der Waals surface area (Å²) in [5.74, 6) is 0. The van der Waals surface area contributed by atoms with E-state index in [2.05, 4.69) is 193 Å². The van der Waals surface area contributed by atoms with E-state index < -0.39 is 0 Å². The highest BCUT2D eigenvalue weighted by molar-refractivity contribution is 6.10. The number of aromatic nitrogens is 3. The van der Waals surface area contributed by atoms with Crippen LogP contribution in [0.25, 0.3) is 88.5 Å². The predicted molar refractivity (Wildman–Crippen MR) is 219 cm³/mol. The Kier molecular flexibility index (Phi) is 6.94. The number of nitrogens with zero attached hydrogens (tertiary/aromatic N) is 3. The van der Waals surface area contributed by atoms with Gasteiger partial charge in [-0.15, -0.1) is 0 Å². The molecule has 0 radical (unpaired) electrons. The quantitative estimate of drug-likeness (QED) is 0.179. The van der Waals surface area contributed by atoms with Crippen LogP contribution in [0.2, 0.25) is 0 Å². The average molecular weight is 666 g/mol. The van der Waals surface area contributed by atoms with E-state index in [0.717, 1.165) is 28.2 Å². The van der Waals surface area contributed by atoms with Gasteiger partial charge in [-0.25, -0.2) is 0 Å². The fourth-order valence-corrected chi connectivity index (χ4v) is 8.25. The lowest BCUT2D eigenvalue weighted by Gasteiger charge is -2.15. The number of hydrogen-bond donors (Lipinski definition) is 0. The van der Waals surface area contributed by atoms with Gasteiger partial charge in [0.1, 0.15) is 0 Å². The molecule has 3 heteroatoms. The topological polar surface area (TPSA) is 22.8 Å². The lowest BCUT2D eigenvalue weighted by molar-refractivity contribution is 1.18. The Morgan fingerprint density at radius 3 is 1.35 bits per heavy atom. The summed E-state index contributed by atoms with van der Waals surface area (Å²) in [5, 5.41) is 5.07. The molecule has 0 saturated carbocycles. The number of para-hydroxylation sites is 4.